The van der Waals surface area contributed by atoms with E-state index >= 15 is 0 Å². The van der Waals surface area contributed by atoms with Crippen molar-refractivity contribution in [3.05, 3.63) is 65.5 Å². The summed E-state index contributed by atoms with van der Waals surface area (Å²) < 4.78 is 33.3. The van der Waals surface area contributed by atoms with Crippen LogP contribution < -0.4 is 0 Å². The van der Waals surface area contributed by atoms with E-state index < -0.39 is 16.1 Å². The molecule has 0 N–H and O–H groups in total. The number of sulfonamides is 1. The second kappa shape index (κ2) is 7.48. The molecule has 0 unspecified atom stereocenters. The van der Waals surface area contributed by atoms with E-state index in [1.54, 1.807) is 12.1 Å². The van der Waals surface area contributed by atoms with Crippen LogP contribution in [0.2, 0.25) is 0 Å². The quantitative estimate of drug-likeness (QED) is 0.647. The molecule has 0 radical (unpaired) electrons. The number of aromatic nitrogens is 2. The summed E-state index contributed by atoms with van der Waals surface area (Å²) in [7, 11) is -3.62. The lowest BCUT2D eigenvalue weighted by Crippen LogP contribution is -2.30. The molecule has 1 atom stereocenters. The summed E-state index contributed by atoms with van der Waals surface area (Å²) in [4.78, 5) is 4.81. The van der Waals surface area contributed by atoms with Gasteiger partial charge in [0.1, 0.15) is 6.04 Å². The van der Waals surface area contributed by atoms with Crippen LogP contribution in [0.25, 0.3) is 11.4 Å². The van der Waals surface area contributed by atoms with E-state index in [1.165, 1.54) is 4.31 Å². The van der Waals surface area contributed by atoms with Crippen molar-refractivity contribution in [1.29, 1.82) is 0 Å². The molecule has 28 heavy (non-hydrogen) atoms. The third kappa shape index (κ3) is 3.47. The van der Waals surface area contributed by atoms with Crippen LogP contribution >= 0.6 is 0 Å². The van der Waals surface area contributed by atoms with Crippen LogP contribution in [-0.4, -0.2) is 29.4 Å². The maximum atomic E-state index is 13.2. The minimum Gasteiger partial charge on any atom is -0.337 e. The minimum absolute atomic E-state index is 0.301. The average Bonchev–Trinajstić information content (AvgIpc) is 3.37. The fraction of sp³-hybridized carbons (Fsp3) is 0.333. The van der Waals surface area contributed by atoms with E-state index in [9.17, 15) is 8.42 Å². The van der Waals surface area contributed by atoms with Gasteiger partial charge in [0, 0.05) is 12.1 Å². The molecule has 2 heterocycles. The minimum atomic E-state index is -3.62. The molecule has 1 aliphatic rings. The average molecular weight is 398 g/mol. The lowest BCUT2D eigenvalue weighted by atomic mass is 10.1. The van der Waals surface area contributed by atoms with E-state index in [2.05, 4.69) is 10.1 Å². The highest BCUT2D eigenvalue weighted by Crippen LogP contribution is 2.36. The van der Waals surface area contributed by atoms with Crippen molar-refractivity contribution in [2.75, 3.05) is 6.54 Å². The first-order valence-electron chi connectivity index (χ1n) is 9.50. The summed E-state index contributed by atoms with van der Waals surface area (Å²) in [6.07, 6.45) is 2.30. The van der Waals surface area contributed by atoms with Gasteiger partial charge in [-0.15, -0.1) is 0 Å². The summed E-state index contributed by atoms with van der Waals surface area (Å²) >= 11 is 0. The second-order valence-corrected chi connectivity index (χ2v) is 8.99. The smallest absolute Gasteiger partial charge is 0.245 e. The van der Waals surface area contributed by atoms with Gasteiger partial charge < -0.3 is 4.52 Å². The Labute approximate surface area is 165 Å². The van der Waals surface area contributed by atoms with Crippen LogP contribution in [0.4, 0.5) is 0 Å². The Morgan fingerprint density at radius 2 is 1.96 bits per heavy atom. The summed E-state index contributed by atoms with van der Waals surface area (Å²) in [5, 5.41) is 4.08. The van der Waals surface area contributed by atoms with Crippen molar-refractivity contribution in [1.82, 2.24) is 14.4 Å². The first kappa shape index (κ1) is 18.8. The van der Waals surface area contributed by atoms with Crippen LogP contribution in [0, 0.1) is 6.92 Å². The Bertz CT molecular complexity index is 1070. The zero-order valence-corrected chi connectivity index (χ0v) is 16.8. The van der Waals surface area contributed by atoms with Gasteiger partial charge in [0.2, 0.25) is 21.7 Å². The van der Waals surface area contributed by atoms with Gasteiger partial charge in [0.15, 0.2) is 0 Å². The molecule has 0 bridgehead atoms. The van der Waals surface area contributed by atoms with Gasteiger partial charge in [-0.3, -0.25) is 0 Å². The molecule has 1 aromatic heterocycles. The fourth-order valence-corrected chi connectivity index (χ4v) is 5.23. The molecule has 1 fully saturated rings. The molecule has 146 valence electrons. The Balaban J connectivity index is 1.63. The van der Waals surface area contributed by atoms with E-state index in [1.807, 2.05) is 50.2 Å². The number of benzene rings is 2. The molecule has 1 aliphatic heterocycles. The van der Waals surface area contributed by atoms with E-state index in [-0.39, 0.29) is 0 Å². The van der Waals surface area contributed by atoms with Gasteiger partial charge in [-0.25, -0.2) is 8.42 Å². The van der Waals surface area contributed by atoms with Crippen LogP contribution in [0.15, 0.2) is 57.9 Å². The Morgan fingerprint density at radius 3 is 2.68 bits per heavy atom. The fourth-order valence-electron chi connectivity index (χ4n) is 3.58. The van der Waals surface area contributed by atoms with Gasteiger partial charge in [-0.05, 0) is 49.9 Å². The standard InChI is InChI=1S/C21H23N3O3S/c1-3-16-9-11-18(12-10-16)28(25,26)24-13-5-8-19(24)21-22-20(23-27-21)17-7-4-6-15(2)14-17/h4,6-7,9-12,14,19H,3,5,8,13H2,1-2H3/t19-/m1/s1. The van der Waals surface area contributed by atoms with Crippen LogP contribution in [-0.2, 0) is 16.4 Å². The molecular formula is C21H23N3O3S. The Hall–Kier alpha value is -2.51. The zero-order chi connectivity index (χ0) is 19.7. The number of nitrogens with zero attached hydrogens (tertiary/aromatic N) is 3. The predicted molar refractivity (Wildman–Crippen MR) is 106 cm³/mol. The maximum Gasteiger partial charge on any atom is 0.245 e. The summed E-state index contributed by atoms with van der Waals surface area (Å²) in [6.45, 7) is 4.49. The molecule has 0 aliphatic carbocycles. The van der Waals surface area contributed by atoms with Gasteiger partial charge in [-0.1, -0.05) is 48.0 Å². The Kier molecular flexibility index (Phi) is 5.03. The van der Waals surface area contributed by atoms with Gasteiger partial charge in [0.05, 0.1) is 4.90 Å². The molecule has 4 rings (SSSR count). The number of hydrogen-bond acceptors (Lipinski definition) is 5. The van der Waals surface area contributed by atoms with Crippen molar-refractivity contribution >= 4 is 10.0 Å². The highest BCUT2D eigenvalue weighted by atomic mass is 32.2. The molecule has 2 aromatic carbocycles. The number of rotatable bonds is 5. The highest BCUT2D eigenvalue weighted by Gasteiger charge is 2.39. The third-order valence-electron chi connectivity index (χ3n) is 5.14. The zero-order valence-electron chi connectivity index (χ0n) is 16.0. The second-order valence-electron chi connectivity index (χ2n) is 7.10. The first-order chi connectivity index (χ1) is 13.5. The van der Waals surface area contributed by atoms with Crippen molar-refractivity contribution < 1.29 is 12.9 Å². The lowest BCUT2D eigenvalue weighted by molar-refractivity contribution is 0.290. The van der Waals surface area contributed by atoms with E-state index in [4.69, 9.17) is 4.52 Å². The highest BCUT2D eigenvalue weighted by molar-refractivity contribution is 7.89. The Morgan fingerprint density at radius 1 is 1.18 bits per heavy atom. The van der Waals surface area contributed by atoms with Gasteiger partial charge in [-0.2, -0.15) is 9.29 Å². The summed E-state index contributed by atoms with van der Waals surface area (Å²) in [5.41, 5.74) is 3.07. The van der Waals surface area contributed by atoms with E-state index in [0.29, 0.717) is 29.6 Å². The van der Waals surface area contributed by atoms with Gasteiger partial charge in [0.25, 0.3) is 0 Å². The summed E-state index contributed by atoms with van der Waals surface area (Å²) in [5.74, 6) is 0.831. The molecule has 0 amide bonds. The van der Waals surface area contributed by atoms with E-state index in [0.717, 1.165) is 29.5 Å². The topological polar surface area (TPSA) is 76.3 Å². The first-order valence-corrected chi connectivity index (χ1v) is 10.9. The molecule has 1 saturated heterocycles. The number of hydrogen-bond donors (Lipinski definition) is 0. The third-order valence-corrected chi connectivity index (χ3v) is 7.07. The van der Waals surface area contributed by atoms with Crippen molar-refractivity contribution in [2.45, 2.75) is 44.0 Å². The molecular weight excluding hydrogens is 374 g/mol. The lowest BCUT2D eigenvalue weighted by Gasteiger charge is -2.21. The normalized spacial score (nSPS) is 17.9. The largest absolute Gasteiger partial charge is 0.337 e. The molecule has 3 aromatic rings. The van der Waals surface area contributed by atoms with Crippen molar-refractivity contribution in [3.63, 3.8) is 0 Å². The van der Waals surface area contributed by atoms with Crippen molar-refractivity contribution in [2.24, 2.45) is 0 Å². The molecule has 0 spiro atoms. The molecule has 7 heteroatoms. The monoisotopic (exact) mass is 397 g/mol. The predicted octanol–water partition coefficient (Wildman–Crippen LogP) is 4.13. The van der Waals surface area contributed by atoms with Crippen LogP contribution in [0.5, 0.6) is 0 Å². The van der Waals surface area contributed by atoms with Crippen molar-refractivity contribution in [3.8, 4) is 11.4 Å². The van der Waals surface area contributed by atoms with Gasteiger partial charge >= 0.3 is 0 Å². The SMILES string of the molecule is CCc1ccc(S(=O)(=O)N2CCC[C@@H]2c2nc(-c3cccc(C)c3)no2)cc1. The molecule has 6 nitrogen and oxygen atoms in total. The maximum absolute atomic E-state index is 13.2. The number of aryl methyl sites for hydroxylation is 2. The van der Waals surface area contributed by atoms with Crippen LogP contribution in [0.3, 0.4) is 0 Å². The molecule has 0 saturated carbocycles. The summed E-state index contributed by atoms with van der Waals surface area (Å²) in [6, 6.07) is 14.5. The van der Waals surface area contributed by atoms with Crippen LogP contribution in [0.1, 0.15) is 42.8 Å².